The van der Waals surface area contributed by atoms with E-state index in [-0.39, 0.29) is 29.8 Å². The number of carbonyl (C=O) groups is 2. The van der Waals surface area contributed by atoms with Gasteiger partial charge in [0.15, 0.2) is 0 Å². The van der Waals surface area contributed by atoms with Gasteiger partial charge in [0, 0.05) is 50.7 Å². The number of urea groups is 1. The summed E-state index contributed by atoms with van der Waals surface area (Å²) in [7, 11) is 3.38. The summed E-state index contributed by atoms with van der Waals surface area (Å²) >= 11 is 0. The average Bonchev–Trinajstić information content (AvgIpc) is 2.80. The summed E-state index contributed by atoms with van der Waals surface area (Å²) in [5, 5.41) is 8.79. The van der Waals surface area contributed by atoms with Crippen molar-refractivity contribution in [2.24, 2.45) is 5.92 Å². The molecule has 9 heteroatoms. The lowest BCUT2D eigenvalue weighted by atomic mass is 10.0. The molecule has 8 nitrogen and oxygen atoms in total. The standard InChI is InChI=1S/C24H31FN4O4/c1-15-12-26-16(2)14-33-21-11-19(28-24(31)27-18-7-5-17(25)6-8-18)9-10-20(21)23(30)29(3)13-22(15)32-4/h5-11,15-16,22,26H,12-14H2,1-4H3,(H2,27,28,31)/t15-,16+,22-/m0/s1. The Hall–Kier alpha value is -3.17. The van der Waals surface area contributed by atoms with Crippen molar-refractivity contribution in [3.63, 3.8) is 0 Å². The van der Waals surface area contributed by atoms with Crippen LogP contribution in [0.25, 0.3) is 0 Å². The molecule has 3 atom stereocenters. The lowest BCUT2D eigenvalue weighted by Crippen LogP contribution is -2.44. The molecule has 0 saturated carbocycles. The molecule has 0 spiro atoms. The van der Waals surface area contributed by atoms with Crippen LogP contribution in [0.2, 0.25) is 0 Å². The van der Waals surface area contributed by atoms with E-state index in [1.807, 2.05) is 6.92 Å². The number of anilines is 2. The number of hydrogen-bond acceptors (Lipinski definition) is 5. The zero-order valence-corrected chi connectivity index (χ0v) is 19.4. The largest absolute Gasteiger partial charge is 0.491 e. The van der Waals surface area contributed by atoms with Gasteiger partial charge in [-0.05, 0) is 49.2 Å². The van der Waals surface area contributed by atoms with Crippen molar-refractivity contribution in [3.05, 3.63) is 53.8 Å². The summed E-state index contributed by atoms with van der Waals surface area (Å²) < 4.78 is 24.7. The normalized spacial score (nSPS) is 21.8. The molecule has 3 N–H and O–H groups in total. The van der Waals surface area contributed by atoms with Crippen LogP contribution in [0.4, 0.5) is 20.6 Å². The number of ether oxygens (including phenoxy) is 2. The van der Waals surface area contributed by atoms with E-state index in [1.165, 1.54) is 24.3 Å². The summed E-state index contributed by atoms with van der Waals surface area (Å²) in [6.45, 7) is 5.60. The van der Waals surface area contributed by atoms with Crippen molar-refractivity contribution >= 4 is 23.3 Å². The van der Waals surface area contributed by atoms with Gasteiger partial charge in [0.2, 0.25) is 0 Å². The molecule has 0 aliphatic carbocycles. The Morgan fingerprint density at radius 2 is 1.82 bits per heavy atom. The molecule has 1 heterocycles. The Morgan fingerprint density at radius 1 is 1.15 bits per heavy atom. The molecule has 2 aromatic rings. The number of hydrogen-bond donors (Lipinski definition) is 3. The molecule has 0 saturated heterocycles. The molecule has 178 valence electrons. The van der Waals surface area contributed by atoms with Gasteiger partial charge in [0.25, 0.3) is 5.91 Å². The maximum Gasteiger partial charge on any atom is 0.323 e. The van der Waals surface area contributed by atoms with Crippen LogP contribution in [0.5, 0.6) is 5.75 Å². The molecular formula is C24H31FN4O4. The Morgan fingerprint density at radius 3 is 2.52 bits per heavy atom. The minimum Gasteiger partial charge on any atom is -0.491 e. The summed E-state index contributed by atoms with van der Waals surface area (Å²) in [6.07, 6.45) is -0.112. The molecule has 3 amide bonds. The Balaban J connectivity index is 1.80. The monoisotopic (exact) mass is 458 g/mol. The fourth-order valence-corrected chi connectivity index (χ4v) is 3.56. The highest BCUT2D eigenvalue weighted by atomic mass is 19.1. The van der Waals surface area contributed by atoms with Gasteiger partial charge in [-0.2, -0.15) is 0 Å². The van der Waals surface area contributed by atoms with Gasteiger partial charge in [-0.1, -0.05) is 6.92 Å². The van der Waals surface area contributed by atoms with Gasteiger partial charge >= 0.3 is 6.03 Å². The first-order valence-corrected chi connectivity index (χ1v) is 10.9. The minimum absolute atomic E-state index is 0.0449. The van der Waals surface area contributed by atoms with Gasteiger partial charge in [-0.15, -0.1) is 0 Å². The summed E-state index contributed by atoms with van der Waals surface area (Å²) in [5.41, 5.74) is 1.31. The third kappa shape index (κ3) is 6.66. The van der Waals surface area contributed by atoms with Gasteiger partial charge in [-0.3, -0.25) is 4.79 Å². The minimum atomic E-state index is -0.495. The van der Waals surface area contributed by atoms with Crippen molar-refractivity contribution in [1.82, 2.24) is 10.2 Å². The molecule has 3 rings (SSSR count). The molecule has 0 bridgehead atoms. The highest BCUT2D eigenvalue weighted by molar-refractivity contribution is 6.01. The Bertz CT molecular complexity index is 969. The zero-order chi connectivity index (χ0) is 24.0. The van der Waals surface area contributed by atoms with Crippen molar-refractivity contribution < 1.29 is 23.5 Å². The van der Waals surface area contributed by atoms with Crippen molar-refractivity contribution in [1.29, 1.82) is 0 Å². The number of benzene rings is 2. The number of nitrogens with one attached hydrogen (secondary N) is 3. The number of carbonyl (C=O) groups excluding carboxylic acids is 2. The Labute approximate surface area is 193 Å². The number of methoxy groups -OCH3 is 1. The predicted molar refractivity (Wildman–Crippen MR) is 125 cm³/mol. The zero-order valence-electron chi connectivity index (χ0n) is 19.4. The van der Waals surface area contributed by atoms with E-state index in [2.05, 4.69) is 22.9 Å². The van der Waals surface area contributed by atoms with Gasteiger partial charge in [-0.25, -0.2) is 9.18 Å². The molecule has 0 radical (unpaired) electrons. The van der Waals surface area contributed by atoms with Crippen LogP contribution in [-0.4, -0.2) is 62.8 Å². The fraction of sp³-hybridized carbons (Fsp3) is 0.417. The van der Waals surface area contributed by atoms with E-state index < -0.39 is 6.03 Å². The highest BCUT2D eigenvalue weighted by Crippen LogP contribution is 2.26. The molecule has 1 aliphatic heterocycles. The number of halogens is 1. The summed E-state index contributed by atoms with van der Waals surface area (Å²) in [5.74, 6) is 0.00541. The molecule has 0 aromatic heterocycles. The maximum atomic E-state index is 13.1. The number of likely N-dealkylation sites (N-methyl/N-ethyl adjacent to an activating group) is 1. The van der Waals surface area contributed by atoms with Gasteiger partial charge < -0.3 is 30.3 Å². The van der Waals surface area contributed by atoms with Crippen LogP contribution in [0.3, 0.4) is 0 Å². The second kappa shape index (κ2) is 11.1. The smallest absolute Gasteiger partial charge is 0.323 e. The van der Waals surface area contributed by atoms with E-state index in [0.717, 1.165) is 6.54 Å². The van der Waals surface area contributed by atoms with Crippen LogP contribution < -0.4 is 20.7 Å². The van der Waals surface area contributed by atoms with Crippen LogP contribution in [0, 0.1) is 11.7 Å². The average molecular weight is 459 g/mol. The summed E-state index contributed by atoms with van der Waals surface area (Å²) in [6, 6.07) is 9.91. The molecular weight excluding hydrogens is 427 g/mol. The van der Waals surface area contributed by atoms with Crippen molar-refractivity contribution in [2.75, 3.05) is 44.5 Å². The molecule has 1 aliphatic rings. The fourth-order valence-electron chi connectivity index (χ4n) is 3.56. The second-order valence-corrected chi connectivity index (χ2v) is 8.35. The van der Waals surface area contributed by atoms with Gasteiger partial charge in [0.05, 0.1) is 11.7 Å². The van der Waals surface area contributed by atoms with Crippen molar-refractivity contribution in [3.8, 4) is 5.75 Å². The van der Waals surface area contributed by atoms with Crippen molar-refractivity contribution in [2.45, 2.75) is 26.0 Å². The van der Waals surface area contributed by atoms with E-state index >= 15 is 0 Å². The van der Waals surface area contributed by atoms with E-state index in [4.69, 9.17) is 9.47 Å². The molecule has 33 heavy (non-hydrogen) atoms. The molecule has 2 aromatic carbocycles. The third-order valence-corrected chi connectivity index (χ3v) is 5.59. The van der Waals surface area contributed by atoms with Crippen LogP contribution in [0.15, 0.2) is 42.5 Å². The second-order valence-electron chi connectivity index (χ2n) is 8.35. The first kappa shape index (κ1) is 24.5. The Kier molecular flexibility index (Phi) is 8.24. The molecule has 0 fully saturated rings. The van der Waals surface area contributed by atoms with Crippen LogP contribution in [0.1, 0.15) is 24.2 Å². The quantitative estimate of drug-likeness (QED) is 0.654. The first-order chi connectivity index (χ1) is 15.8. The number of nitrogens with zero attached hydrogens (tertiary/aromatic N) is 1. The third-order valence-electron chi connectivity index (χ3n) is 5.59. The molecule has 0 unspecified atom stereocenters. The topological polar surface area (TPSA) is 91.9 Å². The summed E-state index contributed by atoms with van der Waals surface area (Å²) in [4.78, 5) is 27.1. The highest BCUT2D eigenvalue weighted by Gasteiger charge is 2.25. The maximum absolute atomic E-state index is 13.1. The van der Waals surface area contributed by atoms with Gasteiger partial charge in [0.1, 0.15) is 18.2 Å². The van der Waals surface area contributed by atoms with E-state index in [1.54, 1.807) is 37.3 Å². The van der Waals surface area contributed by atoms with E-state index in [9.17, 15) is 14.0 Å². The number of fused-ring (bicyclic) bond motifs is 1. The lowest BCUT2D eigenvalue weighted by Gasteiger charge is -2.30. The van der Waals surface area contributed by atoms with Crippen LogP contribution in [-0.2, 0) is 4.74 Å². The number of amides is 3. The SMILES string of the molecule is CO[C@H]1CN(C)C(=O)c2ccc(NC(=O)Nc3ccc(F)cc3)cc2OC[C@@H](C)NC[C@@H]1C. The predicted octanol–water partition coefficient (Wildman–Crippen LogP) is 3.56. The lowest BCUT2D eigenvalue weighted by molar-refractivity contribution is 0.0281. The van der Waals surface area contributed by atoms with E-state index in [0.29, 0.717) is 35.8 Å². The van der Waals surface area contributed by atoms with Crippen LogP contribution >= 0.6 is 0 Å². The number of rotatable bonds is 3. The first-order valence-electron chi connectivity index (χ1n) is 10.9.